The van der Waals surface area contributed by atoms with Crippen molar-refractivity contribution in [3.8, 4) is 11.5 Å². The molecule has 24 heavy (non-hydrogen) atoms. The van der Waals surface area contributed by atoms with Crippen molar-refractivity contribution in [2.24, 2.45) is 0 Å². The van der Waals surface area contributed by atoms with Crippen LogP contribution in [0.25, 0.3) is 0 Å². The van der Waals surface area contributed by atoms with E-state index in [1.54, 1.807) is 18.2 Å². The molecule has 2 N–H and O–H groups in total. The molecule has 2 amide bonds. The number of para-hydroxylation sites is 2. The molecule has 0 heterocycles. The lowest BCUT2D eigenvalue weighted by Crippen LogP contribution is -2.43. The van der Waals surface area contributed by atoms with E-state index in [4.69, 9.17) is 9.47 Å². The predicted octanol–water partition coefficient (Wildman–Crippen LogP) is 3.01. The second kappa shape index (κ2) is 9.80. The largest absolute Gasteiger partial charge is 0.493 e. The molecule has 0 unspecified atom stereocenters. The standard InChI is InChI=1S/C18H26N2O4/c1-23-15-10-5-6-11-16(15)24-17(21)12-7-13-19-18(22)20-14-8-3-2-4-9-14/h5-6,10-11,14H,2-4,7-9,12-13H2,1H3,(H2,19,20,22). The van der Waals surface area contributed by atoms with E-state index < -0.39 is 0 Å². The van der Waals surface area contributed by atoms with Crippen LogP contribution in [0.4, 0.5) is 4.79 Å². The first-order chi connectivity index (χ1) is 11.7. The van der Waals surface area contributed by atoms with Gasteiger partial charge in [0.2, 0.25) is 0 Å². The van der Waals surface area contributed by atoms with Crippen LogP contribution in [0.15, 0.2) is 24.3 Å². The highest BCUT2D eigenvalue weighted by molar-refractivity contribution is 5.75. The van der Waals surface area contributed by atoms with Crippen LogP contribution < -0.4 is 20.1 Å². The average Bonchev–Trinajstić information content (AvgIpc) is 2.60. The van der Waals surface area contributed by atoms with Crippen molar-refractivity contribution in [3.05, 3.63) is 24.3 Å². The molecule has 0 aromatic heterocycles. The number of nitrogens with one attached hydrogen (secondary N) is 2. The number of amides is 2. The van der Waals surface area contributed by atoms with Crippen molar-refractivity contribution in [2.45, 2.75) is 51.0 Å². The van der Waals surface area contributed by atoms with Crippen molar-refractivity contribution in [1.29, 1.82) is 0 Å². The number of urea groups is 1. The Morgan fingerprint density at radius 1 is 1.12 bits per heavy atom. The van der Waals surface area contributed by atoms with Gasteiger partial charge in [-0.1, -0.05) is 31.4 Å². The molecule has 1 fully saturated rings. The van der Waals surface area contributed by atoms with Crippen LogP contribution in [0.3, 0.4) is 0 Å². The minimum atomic E-state index is -0.339. The molecule has 6 heteroatoms. The summed E-state index contributed by atoms with van der Waals surface area (Å²) in [5, 5.41) is 5.77. The number of hydrogen-bond acceptors (Lipinski definition) is 4. The Hall–Kier alpha value is -2.24. The highest BCUT2D eigenvalue weighted by Crippen LogP contribution is 2.26. The van der Waals surface area contributed by atoms with Crippen molar-refractivity contribution < 1.29 is 19.1 Å². The third-order valence-corrected chi connectivity index (χ3v) is 4.08. The number of esters is 1. The molecule has 1 aliphatic carbocycles. The van der Waals surface area contributed by atoms with Crippen LogP contribution in [-0.4, -0.2) is 31.7 Å². The van der Waals surface area contributed by atoms with E-state index >= 15 is 0 Å². The van der Waals surface area contributed by atoms with Gasteiger partial charge in [0, 0.05) is 19.0 Å². The van der Waals surface area contributed by atoms with E-state index in [9.17, 15) is 9.59 Å². The average molecular weight is 334 g/mol. The van der Waals surface area contributed by atoms with Crippen LogP contribution >= 0.6 is 0 Å². The molecular weight excluding hydrogens is 308 g/mol. The maximum atomic E-state index is 11.8. The zero-order valence-electron chi connectivity index (χ0n) is 14.2. The van der Waals surface area contributed by atoms with Crippen LogP contribution in [0.1, 0.15) is 44.9 Å². The van der Waals surface area contributed by atoms with Crippen LogP contribution in [0, 0.1) is 0 Å². The van der Waals surface area contributed by atoms with Gasteiger partial charge in [-0.3, -0.25) is 4.79 Å². The van der Waals surface area contributed by atoms with E-state index in [1.165, 1.54) is 26.4 Å². The van der Waals surface area contributed by atoms with Gasteiger partial charge in [0.15, 0.2) is 11.5 Å². The third-order valence-electron chi connectivity index (χ3n) is 4.08. The lowest BCUT2D eigenvalue weighted by Gasteiger charge is -2.22. The molecule has 6 nitrogen and oxygen atoms in total. The van der Waals surface area contributed by atoms with Gasteiger partial charge >= 0.3 is 12.0 Å². The van der Waals surface area contributed by atoms with E-state index in [-0.39, 0.29) is 24.5 Å². The minimum absolute atomic E-state index is 0.153. The number of methoxy groups -OCH3 is 1. The Morgan fingerprint density at radius 2 is 1.83 bits per heavy atom. The highest BCUT2D eigenvalue weighted by Gasteiger charge is 2.15. The zero-order valence-corrected chi connectivity index (χ0v) is 14.2. The number of carbonyl (C=O) groups excluding carboxylic acids is 2. The normalized spacial score (nSPS) is 14.7. The fraction of sp³-hybridized carbons (Fsp3) is 0.556. The Balaban J connectivity index is 1.61. The second-order valence-electron chi connectivity index (χ2n) is 5.96. The van der Waals surface area contributed by atoms with Gasteiger partial charge in [-0.2, -0.15) is 0 Å². The number of benzene rings is 1. The number of carbonyl (C=O) groups is 2. The van der Waals surface area contributed by atoms with Crippen molar-refractivity contribution in [3.63, 3.8) is 0 Å². The van der Waals surface area contributed by atoms with Crippen molar-refractivity contribution in [1.82, 2.24) is 10.6 Å². The molecule has 0 radical (unpaired) electrons. The van der Waals surface area contributed by atoms with Gasteiger partial charge in [0.05, 0.1) is 7.11 Å². The summed E-state index contributed by atoms with van der Waals surface area (Å²) in [5.74, 6) is 0.595. The van der Waals surface area contributed by atoms with Gasteiger partial charge in [-0.15, -0.1) is 0 Å². The summed E-state index contributed by atoms with van der Waals surface area (Å²) >= 11 is 0. The van der Waals surface area contributed by atoms with Crippen molar-refractivity contribution >= 4 is 12.0 Å². The summed E-state index contributed by atoms with van der Waals surface area (Å²) in [6, 6.07) is 7.15. The summed E-state index contributed by atoms with van der Waals surface area (Å²) in [6.45, 7) is 0.444. The predicted molar refractivity (Wildman–Crippen MR) is 91.3 cm³/mol. The smallest absolute Gasteiger partial charge is 0.315 e. The van der Waals surface area contributed by atoms with Gasteiger partial charge in [0.25, 0.3) is 0 Å². The van der Waals surface area contributed by atoms with Gasteiger partial charge in [0.1, 0.15) is 0 Å². The molecule has 0 saturated heterocycles. The Bertz CT molecular complexity index is 542. The van der Waals surface area contributed by atoms with E-state index in [0.29, 0.717) is 24.5 Å². The lowest BCUT2D eigenvalue weighted by atomic mass is 9.96. The Labute approximate surface area is 142 Å². The molecule has 0 atom stereocenters. The van der Waals surface area contributed by atoms with E-state index in [2.05, 4.69) is 10.6 Å². The van der Waals surface area contributed by atoms with Gasteiger partial charge < -0.3 is 20.1 Å². The monoisotopic (exact) mass is 334 g/mol. The molecular formula is C18H26N2O4. The van der Waals surface area contributed by atoms with Crippen LogP contribution in [0.5, 0.6) is 11.5 Å². The maximum absolute atomic E-state index is 11.8. The molecule has 2 rings (SSSR count). The van der Waals surface area contributed by atoms with Crippen LogP contribution in [-0.2, 0) is 4.79 Å². The molecule has 1 saturated carbocycles. The third kappa shape index (κ3) is 6.10. The van der Waals surface area contributed by atoms with Crippen molar-refractivity contribution in [2.75, 3.05) is 13.7 Å². The van der Waals surface area contributed by atoms with Crippen LogP contribution in [0.2, 0.25) is 0 Å². The first kappa shape index (κ1) is 18.1. The number of rotatable bonds is 7. The Morgan fingerprint density at radius 3 is 2.54 bits per heavy atom. The molecule has 1 aromatic carbocycles. The van der Waals surface area contributed by atoms with E-state index in [1.807, 2.05) is 6.07 Å². The molecule has 132 valence electrons. The summed E-state index contributed by atoms with van der Waals surface area (Å²) in [5.41, 5.74) is 0. The fourth-order valence-corrected chi connectivity index (χ4v) is 2.79. The highest BCUT2D eigenvalue weighted by atomic mass is 16.6. The lowest BCUT2D eigenvalue weighted by molar-refractivity contribution is -0.134. The molecule has 0 bridgehead atoms. The molecule has 0 aliphatic heterocycles. The number of ether oxygens (including phenoxy) is 2. The fourth-order valence-electron chi connectivity index (χ4n) is 2.79. The summed E-state index contributed by atoms with van der Waals surface area (Å²) in [7, 11) is 1.53. The van der Waals surface area contributed by atoms with Gasteiger partial charge in [-0.25, -0.2) is 4.79 Å². The quantitative estimate of drug-likeness (QED) is 0.456. The zero-order chi connectivity index (χ0) is 17.2. The number of hydrogen-bond donors (Lipinski definition) is 2. The summed E-state index contributed by atoms with van der Waals surface area (Å²) < 4.78 is 10.4. The summed E-state index contributed by atoms with van der Waals surface area (Å²) in [4.78, 5) is 23.6. The van der Waals surface area contributed by atoms with E-state index in [0.717, 1.165) is 12.8 Å². The molecule has 0 spiro atoms. The summed E-state index contributed by atoms with van der Waals surface area (Å²) in [6.07, 6.45) is 6.50. The maximum Gasteiger partial charge on any atom is 0.315 e. The topological polar surface area (TPSA) is 76.7 Å². The van der Waals surface area contributed by atoms with Gasteiger partial charge in [-0.05, 0) is 31.4 Å². The first-order valence-electron chi connectivity index (χ1n) is 8.57. The first-order valence-corrected chi connectivity index (χ1v) is 8.57. The Kier molecular flexibility index (Phi) is 7.39. The SMILES string of the molecule is COc1ccccc1OC(=O)CCCNC(=O)NC1CCCCC1. The molecule has 1 aliphatic rings. The molecule has 1 aromatic rings. The minimum Gasteiger partial charge on any atom is -0.493 e. The second-order valence-corrected chi connectivity index (χ2v) is 5.96.